The van der Waals surface area contributed by atoms with E-state index >= 15 is 0 Å². The summed E-state index contributed by atoms with van der Waals surface area (Å²) in [6.07, 6.45) is 1.96. The maximum Gasteiger partial charge on any atom is 0.131 e. The van der Waals surface area contributed by atoms with E-state index in [1.54, 1.807) is 0 Å². The van der Waals surface area contributed by atoms with Gasteiger partial charge in [-0.25, -0.2) is 9.97 Å². The molecular weight excluding hydrogens is 250 g/mol. The number of hydrogen-bond acceptors (Lipinski definition) is 5. The van der Waals surface area contributed by atoms with E-state index in [0.29, 0.717) is 18.5 Å². The maximum absolute atomic E-state index is 5.89. The van der Waals surface area contributed by atoms with Gasteiger partial charge in [0.1, 0.15) is 5.82 Å². The Bertz CT molecular complexity index is 446. The van der Waals surface area contributed by atoms with Crippen LogP contribution in [-0.4, -0.2) is 47.1 Å². The molecule has 0 aromatic carbocycles. The van der Waals surface area contributed by atoms with Gasteiger partial charge in [-0.2, -0.15) is 0 Å². The minimum atomic E-state index is 0.338. The van der Waals surface area contributed by atoms with E-state index in [2.05, 4.69) is 47.5 Å². The number of nitrogens with two attached hydrogens (primary N) is 1. The molecule has 0 spiro atoms. The van der Waals surface area contributed by atoms with Gasteiger partial charge >= 0.3 is 0 Å². The van der Waals surface area contributed by atoms with Gasteiger partial charge in [-0.15, -0.1) is 0 Å². The van der Waals surface area contributed by atoms with Gasteiger partial charge in [0.05, 0.1) is 17.6 Å². The lowest BCUT2D eigenvalue weighted by molar-refractivity contribution is 0.199. The van der Waals surface area contributed by atoms with Crippen LogP contribution in [0.1, 0.15) is 45.1 Å². The van der Waals surface area contributed by atoms with Gasteiger partial charge < -0.3 is 10.6 Å². The second kappa shape index (κ2) is 6.50. The third-order valence-electron chi connectivity index (χ3n) is 4.09. The van der Waals surface area contributed by atoms with Gasteiger partial charge in [-0.1, -0.05) is 20.8 Å². The smallest absolute Gasteiger partial charge is 0.131 e. The first kappa shape index (κ1) is 15.2. The number of hydrogen-bond donors (Lipinski definition) is 1. The standard InChI is InChI=1S/C15H27N5/c1-5-19-6-7-20(10-12(19)4)14-9-17-15(11(2)3)18-13(14)8-16/h9,11-12H,5-8,10,16H2,1-4H3. The molecule has 1 atom stereocenters. The zero-order valence-corrected chi connectivity index (χ0v) is 13.1. The number of likely N-dealkylation sites (N-methyl/N-ethyl adjacent to an activating group) is 1. The predicted molar refractivity (Wildman–Crippen MR) is 82.9 cm³/mol. The third kappa shape index (κ3) is 3.10. The van der Waals surface area contributed by atoms with Gasteiger partial charge in [-0.05, 0) is 13.5 Å². The van der Waals surface area contributed by atoms with Crippen molar-refractivity contribution >= 4 is 5.69 Å². The van der Waals surface area contributed by atoms with Crippen molar-refractivity contribution in [1.29, 1.82) is 0 Å². The Morgan fingerprint density at radius 2 is 2.15 bits per heavy atom. The molecule has 0 aliphatic carbocycles. The Morgan fingerprint density at radius 1 is 1.40 bits per heavy atom. The van der Waals surface area contributed by atoms with Crippen molar-refractivity contribution in [2.75, 3.05) is 31.1 Å². The Labute approximate surface area is 122 Å². The number of anilines is 1. The van der Waals surface area contributed by atoms with Crippen molar-refractivity contribution in [2.45, 2.75) is 46.2 Å². The molecule has 1 aliphatic rings. The van der Waals surface area contributed by atoms with Crippen LogP contribution in [0, 0.1) is 0 Å². The van der Waals surface area contributed by atoms with Crippen molar-refractivity contribution in [1.82, 2.24) is 14.9 Å². The number of piperazine rings is 1. The van der Waals surface area contributed by atoms with Crippen LogP contribution in [0.4, 0.5) is 5.69 Å². The Kier molecular flexibility index (Phi) is 4.94. The van der Waals surface area contributed by atoms with Crippen LogP contribution in [0.2, 0.25) is 0 Å². The Hall–Kier alpha value is -1.20. The van der Waals surface area contributed by atoms with E-state index in [-0.39, 0.29) is 0 Å². The van der Waals surface area contributed by atoms with Crippen LogP contribution in [0.3, 0.4) is 0 Å². The molecule has 1 aliphatic heterocycles. The van der Waals surface area contributed by atoms with E-state index in [0.717, 1.165) is 43.4 Å². The molecule has 2 N–H and O–H groups in total. The molecule has 0 saturated carbocycles. The quantitative estimate of drug-likeness (QED) is 0.905. The second-order valence-electron chi connectivity index (χ2n) is 5.84. The summed E-state index contributed by atoms with van der Waals surface area (Å²) in [7, 11) is 0. The summed E-state index contributed by atoms with van der Waals surface area (Å²) in [5.41, 5.74) is 7.97. The van der Waals surface area contributed by atoms with Crippen LogP contribution >= 0.6 is 0 Å². The summed E-state index contributed by atoms with van der Waals surface area (Å²) in [6.45, 7) is 13.4. The fourth-order valence-corrected chi connectivity index (χ4v) is 2.80. The largest absolute Gasteiger partial charge is 0.366 e. The summed E-state index contributed by atoms with van der Waals surface area (Å²) < 4.78 is 0. The number of nitrogens with zero attached hydrogens (tertiary/aromatic N) is 4. The molecule has 20 heavy (non-hydrogen) atoms. The molecule has 112 valence electrons. The van der Waals surface area contributed by atoms with Crippen LogP contribution in [0.25, 0.3) is 0 Å². The van der Waals surface area contributed by atoms with Crippen molar-refractivity contribution in [2.24, 2.45) is 5.73 Å². The number of aromatic nitrogens is 2. The van der Waals surface area contributed by atoms with E-state index in [1.165, 1.54) is 0 Å². The average molecular weight is 277 g/mol. The van der Waals surface area contributed by atoms with Crippen molar-refractivity contribution in [3.05, 3.63) is 17.7 Å². The van der Waals surface area contributed by atoms with Crippen LogP contribution in [0.15, 0.2) is 6.20 Å². The normalized spacial score (nSPS) is 20.7. The van der Waals surface area contributed by atoms with Crippen molar-refractivity contribution < 1.29 is 0 Å². The van der Waals surface area contributed by atoms with Gasteiger partial charge in [0.15, 0.2) is 0 Å². The minimum Gasteiger partial charge on any atom is -0.366 e. The Balaban J connectivity index is 2.20. The molecule has 1 unspecified atom stereocenters. The number of rotatable bonds is 4. The molecule has 0 radical (unpaired) electrons. The summed E-state index contributed by atoms with van der Waals surface area (Å²) >= 11 is 0. The molecule has 2 rings (SSSR count). The fourth-order valence-electron chi connectivity index (χ4n) is 2.80. The summed E-state index contributed by atoms with van der Waals surface area (Å²) in [5, 5.41) is 0. The van der Waals surface area contributed by atoms with Crippen molar-refractivity contribution in [3.63, 3.8) is 0 Å². The topological polar surface area (TPSA) is 58.3 Å². The lowest BCUT2D eigenvalue weighted by Gasteiger charge is -2.40. The average Bonchev–Trinajstić information content (AvgIpc) is 2.46. The molecule has 5 heteroatoms. The van der Waals surface area contributed by atoms with E-state index in [9.17, 15) is 0 Å². The lowest BCUT2D eigenvalue weighted by Crippen LogP contribution is -2.52. The highest BCUT2D eigenvalue weighted by molar-refractivity contribution is 5.50. The first-order valence-electron chi connectivity index (χ1n) is 7.61. The van der Waals surface area contributed by atoms with E-state index < -0.39 is 0 Å². The molecule has 0 amide bonds. The maximum atomic E-state index is 5.89. The molecule has 5 nitrogen and oxygen atoms in total. The highest BCUT2D eigenvalue weighted by Gasteiger charge is 2.24. The zero-order valence-electron chi connectivity index (χ0n) is 13.1. The molecule has 1 fully saturated rings. The monoisotopic (exact) mass is 277 g/mol. The highest BCUT2D eigenvalue weighted by Crippen LogP contribution is 2.23. The summed E-state index contributed by atoms with van der Waals surface area (Å²) in [6, 6.07) is 0.559. The third-order valence-corrected chi connectivity index (χ3v) is 4.09. The molecule has 0 bridgehead atoms. The van der Waals surface area contributed by atoms with Crippen LogP contribution in [-0.2, 0) is 6.54 Å². The molecule has 1 saturated heterocycles. The Morgan fingerprint density at radius 3 is 2.70 bits per heavy atom. The summed E-state index contributed by atoms with van der Waals surface area (Å²) in [5.74, 6) is 1.22. The fraction of sp³-hybridized carbons (Fsp3) is 0.733. The van der Waals surface area contributed by atoms with Gasteiger partial charge in [0.25, 0.3) is 0 Å². The SMILES string of the molecule is CCN1CCN(c2cnc(C(C)C)nc2CN)CC1C. The van der Waals surface area contributed by atoms with Gasteiger partial charge in [0, 0.05) is 38.1 Å². The van der Waals surface area contributed by atoms with Crippen LogP contribution in [0.5, 0.6) is 0 Å². The van der Waals surface area contributed by atoms with Crippen molar-refractivity contribution in [3.8, 4) is 0 Å². The highest BCUT2D eigenvalue weighted by atomic mass is 15.3. The van der Waals surface area contributed by atoms with Gasteiger partial charge in [-0.3, -0.25) is 4.90 Å². The van der Waals surface area contributed by atoms with Gasteiger partial charge in [0.2, 0.25) is 0 Å². The minimum absolute atomic E-state index is 0.338. The first-order chi connectivity index (χ1) is 9.56. The lowest BCUT2D eigenvalue weighted by atomic mass is 10.1. The van der Waals surface area contributed by atoms with E-state index in [1.807, 2.05) is 6.20 Å². The molecule has 2 heterocycles. The molecule has 1 aromatic heterocycles. The molecule has 1 aromatic rings. The zero-order chi connectivity index (χ0) is 14.7. The molecular formula is C15H27N5. The van der Waals surface area contributed by atoms with Crippen LogP contribution < -0.4 is 10.6 Å². The second-order valence-corrected chi connectivity index (χ2v) is 5.84. The predicted octanol–water partition coefficient (Wildman–Crippen LogP) is 1.59. The first-order valence-corrected chi connectivity index (χ1v) is 7.61. The summed E-state index contributed by atoms with van der Waals surface area (Å²) in [4.78, 5) is 14.0. The van der Waals surface area contributed by atoms with E-state index in [4.69, 9.17) is 5.73 Å².